The molecule has 4 N–H and O–H groups in total. The van der Waals surface area contributed by atoms with Crippen molar-refractivity contribution in [2.24, 2.45) is 5.73 Å². The molecule has 6 heteroatoms. The number of amides is 1. The number of rotatable bonds is 3. The van der Waals surface area contributed by atoms with E-state index in [1.165, 1.54) is 11.3 Å². The first-order valence-electron chi connectivity index (χ1n) is 7.89. The number of nitrogens with two attached hydrogens (primary N) is 2. The minimum absolute atomic E-state index is 0.327. The van der Waals surface area contributed by atoms with Gasteiger partial charge in [-0.25, -0.2) is 4.98 Å². The fourth-order valence-electron chi connectivity index (χ4n) is 2.95. The molecule has 0 atom stereocenters. The number of thiophene rings is 1. The van der Waals surface area contributed by atoms with E-state index in [2.05, 4.69) is 0 Å². The van der Waals surface area contributed by atoms with Crippen LogP contribution >= 0.6 is 22.9 Å². The first kappa shape index (κ1) is 16.6. The first-order chi connectivity index (χ1) is 12.5. The maximum Gasteiger partial charge on any atom is 0.260 e. The number of pyridine rings is 1. The van der Waals surface area contributed by atoms with Crippen LogP contribution in [0.1, 0.15) is 9.67 Å². The van der Waals surface area contributed by atoms with Crippen LogP contribution in [-0.2, 0) is 0 Å². The predicted molar refractivity (Wildman–Crippen MR) is 108 cm³/mol. The lowest BCUT2D eigenvalue weighted by atomic mass is 9.99. The molecule has 26 heavy (non-hydrogen) atoms. The summed E-state index contributed by atoms with van der Waals surface area (Å²) < 4.78 is 0. The van der Waals surface area contributed by atoms with Crippen LogP contribution in [0.2, 0.25) is 5.02 Å². The standard InChI is InChI=1S/C20H14ClN3OS/c21-13-8-4-7-12(9-13)15-10-14(11-5-2-1-3-6-11)16-17(22)18(19(23)25)26-20(16)24-15/h1-10H,22H2,(H2,23,25). The van der Waals surface area contributed by atoms with Gasteiger partial charge < -0.3 is 11.5 Å². The third-order valence-electron chi connectivity index (χ3n) is 4.13. The summed E-state index contributed by atoms with van der Waals surface area (Å²) in [4.78, 5) is 17.5. The summed E-state index contributed by atoms with van der Waals surface area (Å²) in [6.07, 6.45) is 0. The van der Waals surface area contributed by atoms with Crippen molar-refractivity contribution in [3.05, 3.63) is 70.6 Å². The largest absolute Gasteiger partial charge is 0.397 e. The third-order valence-corrected chi connectivity index (χ3v) is 5.48. The Balaban J connectivity index is 2.07. The van der Waals surface area contributed by atoms with Crippen molar-refractivity contribution < 1.29 is 4.79 Å². The number of primary amides is 1. The van der Waals surface area contributed by atoms with Gasteiger partial charge >= 0.3 is 0 Å². The Kier molecular flexibility index (Phi) is 4.11. The Bertz CT molecular complexity index is 1140. The van der Waals surface area contributed by atoms with E-state index >= 15 is 0 Å². The Morgan fingerprint density at radius 3 is 2.42 bits per heavy atom. The second-order valence-corrected chi connectivity index (χ2v) is 7.26. The first-order valence-corrected chi connectivity index (χ1v) is 9.08. The van der Waals surface area contributed by atoms with E-state index in [0.29, 0.717) is 20.4 Å². The van der Waals surface area contributed by atoms with Gasteiger partial charge in [0.05, 0.1) is 11.4 Å². The van der Waals surface area contributed by atoms with Gasteiger partial charge in [0.25, 0.3) is 5.91 Å². The van der Waals surface area contributed by atoms with Crippen molar-refractivity contribution in [3.63, 3.8) is 0 Å². The number of nitrogens with zero attached hydrogens (tertiary/aromatic N) is 1. The van der Waals surface area contributed by atoms with Gasteiger partial charge in [0, 0.05) is 16.0 Å². The van der Waals surface area contributed by atoms with E-state index < -0.39 is 5.91 Å². The van der Waals surface area contributed by atoms with E-state index in [9.17, 15) is 4.79 Å². The van der Waals surface area contributed by atoms with E-state index in [1.807, 2.05) is 60.7 Å². The summed E-state index contributed by atoms with van der Waals surface area (Å²) >= 11 is 7.34. The highest BCUT2D eigenvalue weighted by Crippen LogP contribution is 2.41. The molecule has 2 aromatic heterocycles. The van der Waals surface area contributed by atoms with E-state index in [-0.39, 0.29) is 0 Å². The number of carbonyl (C=O) groups is 1. The Labute approximate surface area is 159 Å². The van der Waals surface area contributed by atoms with Gasteiger partial charge in [-0.2, -0.15) is 0 Å². The van der Waals surface area contributed by atoms with Crippen molar-refractivity contribution in [2.75, 3.05) is 5.73 Å². The van der Waals surface area contributed by atoms with Gasteiger partial charge in [-0.15, -0.1) is 11.3 Å². The highest BCUT2D eigenvalue weighted by Gasteiger charge is 2.20. The van der Waals surface area contributed by atoms with Crippen LogP contribution in [0.5, 0.6) is 0 Å². The highest BCUT2D eigenvalue weighted by molar-refractivity contribution is 7.21. The highest BCUT2D eigenvalue weighted by atomic mass is 35.5. The minimum Gasteiger partial charge on any atom is -0.397 e. The number of hydrogen-bond acceptors (Lipinski definition) is 4. The molecule has 0 saturated carbocycles. The molecule has 0 radical (unpaired) electrons. The predicted octanol–water partition coefficient (Wildman–Crippen LogP) is 4.96. The number of nitrogen functional groups attached to an aromatic ring is 1. The summed E-state index contributed by atoms with van der Waals surface area (Å²) in [5, 5.41) is 1.38. The molecule has 0 aliphatic rings. The van der Waals surface area contributed by atoms with E-state index in [4.69, 9.17) is 28.1 Å². The molecule has 0 aliphatic heterocycles. The number of benzene rings is 2. The normalized spacial score (nSPS) is 11.0. The molecule has 0 spiro atoms. The molecule has 0 unspecified atom stereocenters. The fraction of sp³-hybridized carbons (Fsp3) is 0. The molecule has 4 aromatic rings. The molecular formula is C20H14ClN3OS. The third kappa shape index (κ3) is 2.81. The lowest BCUT2D eigenvalue weighted by molar-refractivity contribution is 0.100. The monoisotopic (exact) mass is 379 g/mol. The number of hydrogen-bond donors (Lipinski definition) is 2. The summed E-state index contributed by atoms with van der Waals surface area (Å²) in [5.74, 6) is -0.547. The van der Waals surface area contributed by atoms with Crippen LogP contribution in [0.4, 0.5) is 5.69 Å². The number of carbonyl (C=O) groups excluding carboxylic acids is 1. The fourth-order valence-corrected chi connectivity index (χ4v) is 4.11. The summed E-state index contributed by atoms with van der Waals surface area (Å²) in [5.41, 5.74) is 15.6. The summed E-state index contributed by atoms with van der Waals surface area (Å²) in [7, 11) is 0. The number of fused-ring (bicyclic) bond motifs is 1. The molecule has 2 heterocycles. The zero-order valence-corrected chi connectivity index (χ0v) is 15.1. The molecular weight excluding hydrogens is 366 g/mol. The molecule has 128 valence electrons. The SMILES string of the molecule is NC(=O)c1sc2nc(-c3cccc(Cl)c3)cc(-c3ccccc3)c2c1N. The molecule has 4 rings (SSSR count). The summed E-state index contributed by atoms with van der Waals surface area (Å²) in [6.45, 7) is 0. The van der Waals surface area contributed by atoms with Gasteiger partial charge in [0.1, 0.15) is 9.71 Å². The molecule has 0 fully saturated rings. The molecule has 2 aromatic carbocycles. The minimum atomic E-state index is -0.547. The van der Waals surface area contributed by atoms with Crippen molar-refractivity contribution in [2.45, 2.75) is 0 Å². The Morgan fingerprint density at radius 1 is 1.00 bits per heavy atom. The lowest BCUT2D eigenvalue weighted by Gasteiger charge is -2.09. The average Bonchev–Trinajstić information content (AvgIpc) is 2.99. The zero-order valence-electron chi connectivity index (χ0n) is 13.6. The van der Waals surface area contributed by atoms with Gasteiger partial charge in [-0.05, 0) is 29.3 Å². The molecule has 0 saturated heterocycles. The lowest BCUT2D eigenvalue weighted by Crippen LogP contribution is -2.10. The smallest absolute Gasteiger partial charge is 0.260 e. The number of halogens is 1. The van der Waals surface area contributed by atoms with Crippen LogP contribution in [0.25, 0.3) is 32.6 Å². The van der Waals surface area contributed by atoms with Crippen LogP contribution in [0, 0.1) is 0 Å². The number of anilines is 1. The molecule has 0 bridgehead atoms. The van der Waals surface area contributed by atoms with Gasteiger partial charge in [0.2, 0.25) is 0 Å². The van der Waals surface area contributed by atoms with Crippen molar-refractivity contribution in [1.82, 2.24) is 4.98 Å². The van der Waals surface area contributed by atoms with Crippen molar-refractivity contribution in [3.8, 4) is 22.4 Å². The maximum atomic E-state index is 11.7. The van der Waals surface area contributed by atoms with Gasteiger partial charge in [0.15, 0.2) is 0 Å². The quantitative estimate of drug-likeness (QED) is 0.527. The Morgan fingerprint density at radius 2 is 1.73 bits per heavy atom. The van der Waals surface area contributed by atoms with Gasteiger partial charge in [-0.3, -0.25) is 4.79 Å². The van der Waals surface area contributed by atoms with Crippen LogP contribution < -0.4 is 11.5 Å². The van der Waals surface area contributed by atoms with E-state index in [1.54, 1.807) is 0 Å². The second kappa shape index (κ2) is 6.44. The number of aromatic nitrogens is 1. The molecule has 1 amide bonds. The topological polar surface area (TPSA) is 82.0 Å². The van der Waals surface area contributed by atoms with Crippen LogP contribution in [0.3, 0.4) is 0 Å². The van der Waals surface area contributed by atoms with Crippen LogP contribution in [0.15, 0.2) is 60.7 Å². The van der Waals surface area contributed by atoms with E-state index in [0.717, 1.165) is 27.8 Å². The van der Waals surface area contributed by atoms with Crippen molar-refractivity contribution >= 4 is 44.7 Å². The van der Waals surface area contributed by atoms with Crippen LogP contribution in [-0.4, -0.2) is 10.9 Å². The van der Waals surface area contributed by atoms with Gasteiger partial charge in [-0.1, -0.05) is 54.1 Å². The molecule has 0 aliphatic carbocycles. The van der Waals surface area contributed by atoms with Crippen molar-refractivity contribution in [1.29, 1.82) is 0 Å². The average molecular weight is 380 g/mol. The molecule has 4 nitrogen and oxygen atoms in total. The maximum absolute atomic E-state index is 11.7. The Hall–Kier alpha value is -2.89. The second-order valence-electron chi connectivity index (χ2n) is 5.82. The zero-order chi connectivity index (χ0) is 18.3. The summed E-state index contributed by atoms with van der Waals surface area (Å²) in [6, 6.07) is 19.3.